The first kappa shape index (κ1) is 14.1. The number of nitrogens with zero attached hydrogens (tertiary/aromatic N) is 4. The molecule has 3 rings (SSSR count). The molecule has 1 aliphatic rings. The van der Waals surface area contributed by atoms with Crippen LogP contribution < -0.4 is 5.73 Å². The summed E-state index contributed by atoms with van der Waals surface area (Å²) in [4.78, 5) is 25.9. The molecule has 1 amide bonds. The number of aromatic nitrogens is 3. The largest absolute Gasteiger partial charge is 0.363 e. The van der Waals surface area contributed by atoms with Gasteiger partial charge in [-0.3, -0.25) is 9.69 Å². The molecule has 108 valence electrons. The highest BCUT2D eigenvalue weighted by molar-refractivity contribution is 9.10. The fourth-order valence-corrected chi connectivity index (χ4v) is 2.60. The first-order valence-electron chi connectivity index (χ1n) is 6.59. The summed E-state index contributed by atoms with van der Waals surface area (Å²) in [5.41, 5.74) is 8.35. The van der Waals surface area contributed by atoms with E-state index in [1.54, 1.807) is 6.20 Å². The molecule has 0 saturated heterocycles. The van der Waals surface area contributed by atoms with Crippen LogP contribution in [0.1, 0.15) is 27.4 Å². The van der Waals surface area contributed by atoms with E-state index in [0.717, 1.165) is 40.9 Å². The van der Waals surface area contributed by atoms with Gasteiger partial charge in [0.25, 0.3) is 5.91 Å². The molecule has 2 N–H and O–H groups in total. The number of nitrogens with two attached hydrogens (primary N) is 1. The molecule has 0 fully saturated rings. The van der Waals surface area contributed by atoms with Crippen molar-refractivity contribution in [2.75, 3.05) is 6.54 Å². The van der Waals surface area contributed by atoms with Crippen LogP contribution in [0.4, 0.5) is 0 Å². The van der Waals surface area contributed by atoms with Crippen LogP contribution in [-0.2, 0) is 19.5 Å². The molecular formula is C14H14BrN5O. The number of pyridine rings is 1. The molecule has 0 aromatic carbocycles. The van der Waals surface area contributed by atoms with Crippen molar-refractivity contribution in [2.45, 2.75) is 19.5 Å². The van der Waals surface area contributed by atoms with Gasteiger partial charge in [0.05, 0.1) is 5.69 Å². The lowest BCUT2D eigenvalue weighted by Gasteiger charge is -2.27. The maximum Gasteiger partial charge on any atom is 0.286 e. The fraction of sp³-hybridized carbons (Fsp3) is 0.286. The molecule has 0 atom stereocenters. The molecule has 2 aromatic rings. The Morgan fingerprint density at radius 3 is 2.90 bits per heavy atom. The summed E-state index contributed by atoms with van der Waals surface area (Å²) in [6.07, 6.45) is 4.44. The molecule has 0 unspecified atom stereocenters. The number of carbonyl (C=O) groups is 1. The third-order valence-corrected chi connectivity index (χ3v) is 3.91. The second kappa shape index (κ2) is 5.87. The predicted octanol–water partition coefficient (Wildman–Crippen LogP) is 1.29. The lowest BCUT2D eigenvalue weighted by Crippen LogP contribution is -2.32. The highest BCUT2D eigenvalue weighted by Crippen LogP contribution is 2.18. The van der Waals surface area contributed by atoms with Gasteiger partial charge in [-0.15, -0.1) is 0 Å². The monoisotopic (exact) mass is 347 g/mol. The van der Waals surface area contributed by atoms with Crippen molar-refractivity contribution in [3.05, 3.63) is 51.8 Å². The van der Waals surface area contributed by atoms with Crippen molar-refractivity contribution >= 4 is 21.8 Å². The van der Waals surface area contributed by atoms with Crippen LogP contribution in [0.15, 0.2) is 29.1 Å². The average molecular weight is 348 g/mol. The molecule has 0 aliphatic carbocycles. The molecule has 3 heterocycles. The molecule has 7 heteroatoms. The SMILES string of the molecule is NC(=O)c1ncc2c(n1)CN(Cc1ccc(Br)nc1)CC2. The lowest BCUT2D eigenvalue weighted by molar-refractivity contribution is 0.0989. The minimum atomic E-state index is -0.591. The Labute approximate surface area is 130 Å². The Kier molecular flexibility index (Phi) is 3.94. The molecule has 0 radical (unpaired) electrons. The van der Waals surface area contributed by atoms with Crippen LogP contribution in [0.25, 0.3) is 0 Å². The summed E-state index contributed by atoms with van der Waals surface area (Å²) >= 11 is 3.33. The van der Waals surface area contributed by atoms with E-state index in [1.165, 1.54) is 0 Å². The first-order chi connectivity index (χ1) is 10.1. The van der Waals surface area contributed by atoms with Gasteiger partial charge in [0.2, 0.25) is 5.82 Å². The molecule has 2 aromatic heterocycles. The summed E-state index contributed by atoms with van der Waals surface area (Å²) in [5, 5.41) is 0. The van der Waals surface area contributed by atoms with Crippen LogP contribution in [0.3, 0.4) is 0 Å². The number of fused-ring (bicyclic) bond motifs is 1. The Morgan fingerprint density at radius 1 is 1.33 bits per heavy atom. The molecule has 0 spiro atoms. The van der Waals surface area contributed by atoms with E-state index in [-0.39, 0.29) is 5.82 Å². The van der Waals surface area contributed by atoms with Crippen molar-refractivity contribution in [2.24, 2.45) is 5.73 Å². The van der Waals surface area contributed by atoms with Gasteiger partial charge in [0, 0.05) is 32.0 Å². The average Bonchev–Trinajstić information content (AvgIpc) is 2.49. The molecule has 0 saturated carbocycles. The minimum Gasteiger partial charge on any atom is -0.363 e. The lowest BCUT2D eigenvalue weighted by atomic mass is 10.1. The molecule has 21 heavy (non-hydrogen) atoms. The maximum absolute atomic E-state index is 11.2. The zero-order valence-corrected chi connectivity index (χ0v) is 12.9. The summed E-state index contributed by atoms with van der Waals surface area (Å²) in [5.74, 6) is -0.507. The van der Waals surface area contributed by atoms with Crippen molar-refractivity contribution in [3.63, 3.8) is 0 Å². The van der Waals surface area contributed by atoms with E-state index in [4.69, 9.17) is 5.73 Å². The number of rotatable bonds is 3. The summed E-state index contributed by atoms with van der Waals surface area (Å²) < 4.78 is 0.828. The predicted molar refractivity (Wildman–Crippen MR) is 80.3 cm³/mol. The van der Waals surface area contributed by atoms with Gasteiger partial charge in [0.15, 0.2) is 0 Å². The summed E-state index contributed by atoms with van der Waals surface area (Å²) in [7, 11) is 0. The molecule has 1 aliphatic heterocycles. The van der Waals surface area contributed by atoms with Crippen LogP contribution in [0, 0.1) is 0 Å². The smallest absolute Gasteiger partial charge is 0.286 e. The number of hydrogen-bond acceptors (Lipinski definition) is 5. The number of carbonyl (C=O) groups excluding carboxylic acids is 1. The van der Waals surface area contributed by atoms with Crippen LogP contribution in [0.2, 0.25) is 0 Å². The number of halogens is 1. The normalized spacial score (nSPS) is 14.7. The van der Waals surface area contributed by atoms with Crippen LogP contribution in [0.5, 0.6) is 0 Å². The zero-order chi connectivity index (χ0) is 14.8. The molecular weight excluding hydrogens is 334 g/mol. The third kappa shape index (κ3) is 3.25. The van der Waals surface area contributed by atoms with Gasteiger partial charge < -0.3 is 5.73 Å². The fourth-order valence-electron chi connectivity index (χ4n) is 2.37. The standard InChI is InChI=1S/C14H14BrN5O/c15-12-2-1-9(5-17-12)7-20-4-3-10-6-18-14(13(16)21)19-11(10)8-20/h1-2,5-6H,3-4,7-8H2,(H2,16,21). The Balaban J connectivity index is 1.75. The van der Waals surface area contributed by atoms with Gasteiger partial charge >= 0.3 is 0 Å². The van der Waals surface area contributed by atoms with E-state index in [1.807, 2.05) is 18.3 Å². The first-order valence-corrected chi connectivity index (χ1v) is 7.38. The second-order valence-electron chi connectivity index (χ2n) is 4.98. The highest BCUT2D eigenvalue weighted by Gasteiger charge is 2.19. The van der Waals surface area contributed by atoms with Gasteiger partial charge in [-0.1, -0.05) is 6.07 Å². The number of hydrogen-bond donors (Lipinski definition) is 1. The van der Waals surface area contributed by atoms with Crippen LogP contribution >= 0.6 is 15.9 Å². The van der Waals surface area contributed by atoms with Gasteiger partial charge in [-0.2, -0.15) is 0 Å². The van der Waals surface area contributed by atoms with E-state index in [9.17, 15) is 4.79 Å². The topological polar surface area (TPSA) is 85.0 Å². The van der Waals surface area contributed by atoms with Crippen molar-refractivity contribution in [1.29, 1.82) is 0 Å². The van der Waals surface area contributed by atoms with Crippen molar-refractivity contribution in [1.82, 2.24) is 19.9 Å². The summed E-state index contributed by atoms with van der Waals surface area (Å²) in [6.45, 7) is 2.42. The van der Waals surface area contributed by atoms with Gasteiger partial charge in [-0.05, 0) is 39.5 Å². The zero-order valence-electron chi connectivity index (χ0n) is 11.3. The summed E-state index contributed by atoms with van der Waals surface area (Å²) in [6, 6.07) is 3.97. The van der Waals surface area contributed by atoms with Gasteiger partial charge in [-0.25, -0.2) is 15.0 Å². The quantitative estimate of drug-likeness (QED) is 0.845. The Bertz CT molecular complexity index is 674. The van der Waals surface area contributed by atoms with E-state index >= 15 is 0 Å². The van der Waals surface area contributed by atoms with Crippen LogP contribution in [-0.4, -0.2) is 32.3 Å². The minimum absolute atomic E-state index is 0.0842. The number of primary amides is 1. The highest BCUT2D eigenvalue weighted by atomic mass is 79.9. The second-order valence-corrected chi connectivity index (χ2v) is 5.79. The molecule has 0 bridgehead atoms. The van der Waals surface area contributed by atoms with E-state index < -0.39 is 5.91 Å². The van der Waals surface area contributed by atoms with E-state index in [0.29, 0.717) is 6.54 Å². The van der Waals surface area contributed by atoms with Crippen molar-refractivity contribution in [3.8, 4) is 0 Å². The van der Waals surface area contributed by atoms with E-state index in [2.05, 4.69) is 35.8 Å². The maximum atomic E-state index is 11.2. The van der Waals surface area contributed by atoms with Gasteiger partial charge in [0.1, 0.15) is 4.60 Å². The van der Waals surface area contributed by atoms with Crippen molar-refractivity contribution < 1.29 is 4.79 Å². The molecule has 6 nitrogen and oxygen atoms in total. The Hall–Kier alpha value is -1.86. The Morgan fingerprint density at radius 2 is 2.19 bits per heavy atom. The number of amides is 1. The third-order valence-electron chi connectivity index (χ3n) is 3.44.